The summed E-state index contributed by atoms with van der Waals surface area (Å²) in [5.41, 5.74) is 0. The van der Waals surface area contributed by atoms with Gasteiger partial charge in [-0.05, 0) is 45.0 Å². The second-order valence-corrected chi connectivity index (χ2v) is 6.44. The number of carbonyl (C=O) groups excluding carboxylic acids is 1. The molecule has 0 spiro atoms. The van der Waals surface area contributed by atoms with Crippen LogP contribution in [0.2, 0.25) is 0 Å². The average Bonchev–Trinajstić information content (AvgIpc) is 3.10. The summed E-state index contributed by atoms with van der Waals surface area (Å²) >= 11 is 0. The molecule has 128 valence electrons. The number of likely N-dealkylation sites (tertiary alicyclic amines) is 1. The summed E-state index contributed by atoms with van der Waals surface area (Å²) in [6.45, 7) is 6.64. The summed E-state index contributed by atoms with van der Waals surface area (Å²) < 4.78 is 11.1. The van der Waals surface area contributed by atoms with Crippen LogP contribution < -0.4 is 5.32 Å². The fourth-order valence-corrected chi connectivity index (χ4v) is 3.42. The maximum Gasteiger partial charge on any atom is 0.317 e. The third-order valence-corrected chi connectivity index (χ3v) is 4.68. The molecule has 0 saturated carbocycles. The molecule has 0 radical (unpaired) electrons. The first kappa shape index (κ1) is 16.3. The highest BCUT2D eigenvalue weighted by atomic mass is 16.5. The molecule has 6 heteroatoms. The first-order chi connectivity index (χ1) is 11.2. The summed E-state index contributed by atoms with van der Waals surface area (Å²) in [5.74, 6) is 0.933. The van der Waals surface area contributed by atoms with Crippen LogP contribution in [-0.4, -0.2) is 61.3 Å². The third-order valence-electron chi connectivity index (χ3n) is 4.68. The fraction of sp³-hybridized carbons (Fsp3) is 0.706. The van der Waals surface area contributed by atoms with Gasteiger partial charge in [-0.1, -0.05) is 6.42 Å². The summed E-state index contributed by atoms with van der Waals surface area (Å²) in [4.78, 5) is 16.7. The van der Waals surface area contributed by atoms with Crippen LogP contribution in [0.15, 0.2) is 22.8 Å². The van der Waals surface area contributed by atoms with E-state index in [0.29, 0.717) is 26.2 Å². The zero-order chi connectivity index (χ0) is 16.1. The van der Waals surface area contributed by atoms with Gasteiger partial charge in [0, 0.05) is 19.6 Å². The monoisotopic (exact) mass is 321 g/mol. The third kappa shape index (κ3) is 4.26. The lowest BCUT2D eigenvalue weighted by molar-refractivity contribution is -0.00381. The minimum absolute atomic E-state index is 0.00582. The highest BCUT2D eigenvalue weighted by Gasteiger charge is 2.27. The fourth-order valence-electron chi connectivity index (χ4n) is 3.42. The van der Waals surface area contributed by atoms with Gasteiger partial charge >= 0.3 is 6.03 Å². The molecule has 2 aliphatic heterocycles. The molecule has 2 atom stereocenters. The summed E-state index contributed by atoms with van der Waals surface area (Å²) in [7, 11) is 0. The van der Waals surface area contributed by atoms with E-state index in [4.69, 9.17) is 9.15 Å². The maximum atomic E-state index is 12.4. The number of furan rings is 1. The van der Waals surface area contributed by atoms with E-state index in [0.717, 1.165) is 18.8 Å². The molecule has 2 saturated heterocycles. The van der Waals surface area contributed by atoms with Crippen molar-refractivity contribution in [3.05, 3.63) is 24.2 Å². The Kier molecular flexibility index (Phi) is 5.56. The van der Waals surface area contributed by atoms with E-state index in [1.165, 1.54) is 19.3 Å². The van der Waals surface area contributed by atoms with Crippen LogP contribution in [0.4, 0.5) is 4.79 Å². The van der Waals surface area contributed by atoms with Crippen LogP contribution in [0.25, 0.3) is 0 Å². The number of nitrogens with one attached hydrogen (secondary N) is 1. The number of rotatable bonds is 4. The number of ether oxygens (including phenoxy) is 1. The lowest BCUT2D eigenvalue weighted by atomic mass is 10.1. The van der Waals surface area contributed by atoms with Gasteiger partial charge in [-0.2, -0.15) is 0 Å². The van der Waals surface area contributed by atoms with Gasteiger partial charge in [0.05, 0.1) is 25.0 Å². The summed E-state index contributed by atoms with van der Waals surface area (Å²) in [6, 6.07) is 4.03. The Balaban J connectivity index is 1.58. The number of hydrogen-bond acceptors (Lipinski definition) is 4. The molecular weight excluding hydrogens is 294 g/mol. The molecule has 3 heterocycles. The second-order valence-electron chi connectivity index (χ2n) is 6.44. The highest BCUT2D eigenvalue weighted by molar-refractivity contribution is 5.74. The van der Waals surface area contributed by atoms with Gasteiger partial charge in [-0.3, -0.25) is 4.90 Å². The van der Waals surface area contributed by atoms with Crippen molar-refractivity contribution in [2.75, 3.05) is 39.3 Å². The Morgan fingerprint density at radius 1 is 1.35 bits per heavy atom. The van der Waals surface area contributed by atoms with Crippen LogP contribution >= 0.6 is 0 Å². The Hall–Kier alpha value is -1.53. The molecule has 3 rings (SSSR count). The van der Waals surface area contributed by atoms with Crippen LogP contribution in [0.1, 0.15) is 38.0 Å². The van der Waals surface area contributed by atoms with Crippen molar-refractivity contribution < 1.29 is 13.9 Å². The first-order valence-electron chi connectivity index (χ1n) is 8.66. The molecule has 6 nitrogen and oxygen atoms in total. The molecule has 2 unspecified atom stereocenters. The number of morpholine rings is 1. The minimum Gasteiger partial charge on any atom is -0.468 e. The van der Waals surface area contributed by atoms with E-state index < -0.39 is 0 Å². The predicted octanol–water partition coefficient (Wildman–Crippen LogP) is 2.24. The van der Waals surface area contributed by atoms with Gasteiger partial charge < -0.3 is 19.4 Å². The van der Waals surface area contributed by atoms with E-state index in [1.807, 2.05) is 24.0 Å². The van der Waals surface area contributed by atoms with E-state index in [2.05, 4.69) is 10.2 Å². The number of amides is 2. The van der Waals surface area contributed by atoms with Crippen molar-refractivity contribution in [1.82, 2.24) is 15.1 Å². The topological polar surface area (TPSA) is 58.0 Å². The summed E-state index contributed by atoms with van der Waals surface area (Å²) in [5, 5.41) is 3.09. The Bertz CT molecular complexity index is 485. The molecule has 2 aliphatic rings. The molecule has 2 fully saturated rings. The van der Waals surface area contributed by atoms with Gasteiger partial charge in [-0.15, -0.1) is 0 Å². The van der Waals surface area contributed by atoms with Crippen LogP contribution in [-0.2, 0) is 4.74 Å². The van der Waals surface area contributed by atoms with Gasteiger partial charge in [0.15, 0.2) is 0 Å². The molecule has 2 amide bonds. The van der Waals surface area contributed by atoms with E-state index >= 15 is 0 Å². The molecule has 1 N–H and O–H groups in total. The van der Waals surface area contributed by atoms with Crippen molar-refractivity contribution in [2.45, 2.75) is 38.3 Å². The van der Waals surface area contributed by atoms with E-state index in [9.17, 15) is 4.79 Å². The van der Waals surface area contributed by atoms with Gasteiger partial charge in [0.25, 0.3) is 0 Å². The minimum atomic E-state index is -0.00582. The Morgan fingerprint density at radius 3 is 2.87 bits per heavy atom. The number of piperidine rings is 1. The summed E-state index contributed by atoms with van der Waals surface area (Å²) in [6.07, 6.45) is 5.53. The van der Waals surface area contributed by atoms with Crippen molar-refractivity contribution in [3.8, 4) is 0 Å². The van der Waals surface area contributed by atoms with Crippen molar-refractivity contribution in [2.24, 2.45) is 0 Å². The van der Waals surface area contributed by atoms with Gasteiger partial charge in [-0.25, -0.2) is 4.79 Å². The smallest absolute Gasteiger partial charge is 0.317 e. The molecule has 0 aliphatic carbocycles. The molecule has 0 bridgehead atoms. The van der Waals surface area contributed by atoms with Crippen molar-refractivity contribution in [1.29, 1.82) is 0 Å². The maximum absolute atomic E-state index is 12.4. The molecule has 1 aromatic heterocycles. The van der Waals surface area contributed by atoms with Gasteiger partial charge in [0.2, 0.25) is 0 Å². The molecular formula is C17H27N3O3. The number of nitrogens with zero attached hydrogens (tertiary/aromatic N) is 2. The van der Waals surface area contributed by atoms with Crippen LogP contribution in [0.3, 0.4) is 0 Å². The normalized spacial score (nSPS) is 24.4. The van der Waals surface area contributed by atoms with E-state index in [1.54, 1.807) is 6.26 Å². The largest absolute Gasteiger partial charge is 0.468 e. The predicted molar refractivity (Wildman–Crippen MR) is 87.3 cm³/mol. The Labute approximate surface area is 137 Å². The van der Waals surface area contributed by atoms with E-state index in [-0.39, 0.29) is 18.2 Å². The highest BCUT2D eigenvalue weighted by Crippen LogP contribution is 2.24. The van der Waals surface area contributed by atoms with Crippen LogP contribution in [0, 0.1) is 0 Å². The second kappa shape index (κ2) is 7.84. The van der Waals surface area contributed by atoms with Crippen molar-refractivity contribution in [3.63, 3.8) is 0 Å². The quantitative estimate of drug-likeness (QED) is 0.924. The standard InChI is InChI=1S/C17H27N3O3/c1-14-13-20(9-11-22-14)17(21)18-12-15(16-6-5-10-23-16)19-7-3-2-4-8-19/h5-6,10,14-15H,2-4,7-9,11-13H2,1H3,(H,18,21). The Morgan fingerprint density at radius 2 is 2.17 bits per heavy atom. The zero-order valence-corrected chi connectivity index (χ0v) is 13.9. The van der Waals surface area contributed by atoms with Crippen LogP contribution in [0.5, 0.6) is 0 Å². The lowest BCUT2D eigenvalue weighted by Crippen LogP contribution is -2.50. The number of hydrogen-bond donors (Lipinski definition) is 1. The number of carbonyl (C=O) groups is 1. The van der Waals surface area contributed by atoms with Crippen molar-refractivity contribution >= 4 is 6.03 Å². The average molecular weight is 321 g/mol. The molecule has 0 aromatic carbocycles. The molecule has 1 aromatic rings. The molecule has 23 heavy (non-hydrogen) atoms. The number of urea groups is 1. The van der Waals surface area contributed by atoms with Gasteiger partial charge in [0.1, 0.15) is 5.76 Å². The first-order valence-corrected chi connectivity index (χ1v) is 8.66. The zero-order valence-electron chi connectivity index (χ0n) is 13.9. The SMILES string of the molecule is CC1CN(C(=O)NCC(c2ccco2)N2CCCCC2)CCO1. The lowest BCUT2D eigenvalue weighted by Gasteiger charge is -2.35.